The van der Waals surface area contributed by atoms with Crippen LogP contribution in [0.15, 0.2) is 65.2 Å². The Morgan fingerprint density at radius 2 is 1.87 bits per heavy atom. The van der Waals surface area contributed by atoms with E-state index < -0.39 is 6.04 Å². The van der Waals surface area contributed by atoms with E-state index in [4.69, 9.17) is 4.52 Å². The molecule has 1 aliphatic carbocycles. The number of aromatic nitrogens is 2. The van der Waals surface area contributed by atoms with Crippen LogP contribution in [0.4, 0.5) is 4.39 Å². The predicted molar refractivity (Wildman–Crippen MR) is 111 cm³/mol. The summed E-state index contributed by atoms with van der Waals surface area (Å²) in [5.74, 6) is -0.311. The van der Waals surface area contributed by atoms with Gasteiger partial charge in [-0.25, -0.2) is 9.37 Å². The van der Waals surface area contributed by atoms with Gasteiger partial charge in [0, 0.05) is 22.7 Å². The lowest BCUT2D eigenvalue weighted by Crippen LogP contribution is -2.27. The maximum absolute atomic E-state index is 14.2. The highest BCUT2D eigenvalue weighted by atomic mass is 19.1. The van der Waals surface area contributed by atoms with Gasteiger partial charge in [-0.3, -0.25) is 4.79 Å². The zero-order valence-corrected chi connectivity index (χ0v) is 16.4. The molecular weight excluding hydrogens is 381 g/mol. The molecule has 1 atom stereocenters. The number of pyridine rings is 1. The van der Waals surface area contributed by atoms with Crippen molar-refractivity contribution in [3.63, 3.8) is 0 Å². The molecule has 0 spiro atoms. The first kappa shape index (κ1) is 18.5. The van der Waals surface area contributed by atoms with Crippen LogP contribution in [0.5, 0.6) is 0 Å². The molecule has 5 nitrogen and oxygen atoms in total. The van der Waals surface area contributed by atoms with Gasteiger partial charge in [0.25, 0.3) is 11.6 Å². The second kappa shape index (κ2) is 7.37. The first-order valence-electron chi connectivity index (χ1n) is 10.0. The molecule has 4 aromatic rings. The van der Waals surface area contributed by atoms with Gasteiger partial charge in [0.05, 0.1) is 17.0 Å². The summed E-state index contributed by atoms with van der Waals surface area (Å²) in [6.45, 7) is 1.77. The monoisotopic (exact) mass is 401 g/mol. The Balaban J connectivity index is 1.58. The third-order valence-corrected chi connectivity index (χ3v) is 5.47. The van der Waals surface area contributed by atoms with Crippen molar-refractivity contribution in [1.82, 2.24) is 15.5 Å². The van der Waals surface area contributed by atoms with E-state index in [0.717, 1.165) is 24.1 Å². The standard InChI is InChI=1S/C24H20FN3O2/c1-14(17-9-5-6-10-19(17)25)26-23(29)18-13-20(15-11-12-15)27-24-21(18)22(28-30-24)16-7-3-2-4-8-16/h2-10,13-15H,11-12H2,1H3,(H,26,29). The van der Waals surface area contributed by atoms with Crippen LogP contribution in [0, 0.1) is 5.82 Å². The van der Waals surface area contributed by atoms with E-state index in [1.54, 1.807) is 25.1 Å². The Morgan fingerprint density at radius 1 is 1.13 bits per heavy atom. The number of hydrogen-bond acceptors (Lipinski definition) is 4. The van der Waals surface area contributed by atoms with E-state index in [0.29, 0.717) is 33.8 Å². The van der Waals surface area contributed by atoms with Gasteiger partial charge in [0.1, 0.15) is 11.5 Å². The molecule has 0 bridgehead atoms. The molecule has 2 aromatic carbocycles. The summed E-state index contributed by atoms with van der Waals surface area (Å²) in [6, 6.07) is 17.3. The number of halogens is 1. The van der Waals surface area contributed by atoms with Gasteiger partial charge in [-0.1, -0.05) is 53.7 Å². The van der Waals surface area contributed by atoms with Crippen molar-refractivity contribution in [2.45, 2.75) is 31.7 Å². The number of carbonyl (C=O) groups excluding carboxylic acids is 1. The van der Waals surface area contributed by atoms with Crippen LogP contribution < -0.4 is 5.32 Å². The van der Waals surface area contributed by atoms with Gasteiger partial charge in [-0.05, 0) is 31.9 Å². The number of nitrogens with zero attached hydrogens (tertiary/aromatic N) is 2. The lowest BCUT2D eigenvalue weighted by molar-refractivity contribution is 0.0941. The SMILES string of the molecule is CC(NC(=O)c1cc(C2CC2)nc2onc(-c3ccccc3)c12)c1ccccc1F. The smallest absolute Gasteiger partial charge is 0.259 e. The summed E-state index contributed by atoms with van der Waals surface area (Å²) in [7, 11) is 0. The van der Waals surface area contributed by atoms with E-state index >= 15 is 0 Å². The van der Waals surface area contributed by atoms with Crippen molar-refractivity contribution >= 4 is 17.0 Å². The highest BCUT2D eigenvalue weighted by molar-refractivity contribution is 6.09. The van der Waals surface area contributed by atoms with Crippen LogP contribution in [-0.2, 0) is 0 Å². The Hall–Kier alpha value is -3.54. The molecule has 150 valence electrons. The third-order valence-electron chi connectivity index (χ3n) is 5.47. The summed E-state index contributed by atoms with van der Waals surface area (Å²) >= 11 is 0. The maximum atomic E-state index is 14.2. The Bertz CT molecular complexity index is 1230. The zero-order valence-electron chi connectivity index (χ0n) is 16.4. The van der Waals surface area contributed by atoms with Crippen molar-refractivity contribution in [2.75, 3.05) is 0 Å². The quantitative estimate of drug-likeness (QED) is 0.486. The fraction of sp³-hybridized carbons (Fsp3) is 0.208. The molecule has 2 aromatic heterocycles. The minimum Gasteiger partial charge on any atom is -0.345 e. The van der Waals surface area contributed by atoms with Crippen LogP contribution in [0.25, 0.3) is 22.4 Å². The largest absolute Gasteiger partial charge is 0.345 e. The number of carbonyl (C=O) groups is 1. The van der Waals surface area contributed by atoms with Crippen molar-refractivity contribution < 1.29 is 13.7 Å². The molecule has 5 rings (SSSR count). The average molecular weight is 401 g/mol. The molecule has 0 saturated heterocycles. The molecule has 1 fully saturated rings. The lowest BCUT2D eigenvalue weighted by Gasteiger charge is -2.16. The van der Waals surface area contributed by atoms with Crippen molar-refractivity contribution in [2.24, 2.45) is 0 Å². The van der Waals surface area contributed by atoms with Crippen molar-refractivity contribution in [3.05, 3.63) is 83.3 Å². The molecule has 1 aliphatic rings. The van der Waals surface area contributed by atoms with Gasteiger partial charge in [0.15, 0.2) is 0 Å². The fourth-order valence-corrected chi connectivity index (χ4v) is 3.71. The van der Waals surface area contributed by atoms with Crippen molar-refractivity contribution in [3.8, 4) is 11.3 Å². The molecule has 1 amide bonds. The van der Waals surface area contributed by atoms with E-state index in [9.17, 15) is 9.18 Å². The van der Waals surface area contributed by atoms with E-state index in [1.807, 2.05) is 36.4 Å². The number of nitrogens with one attached hydrogen (secondary N) is 1. The molecular formula is C24H20FN3O2. The summed E-state index contributed by atoms with van der Waals surface area (Å²) < 4.78 is 19.7. The lowest BCUT2D eigenvalue weighted by atomic mass is 10.0. The number of hydrogen-bond donors (Lipinski definition) is 1. The summed E-state index contributed by atoms with van der Waals surface area (Å²) in [6.07, 6.45) is 2.09. The molecule has 0 aliphatic heterocycles. The predicted octanol–water partition coefficient (Wildman–Crippen LogP) is 5.40. The number of rotatable bonds is 5. The van der Waals surface area contributed by atoms with Crippen LogP contribution in [-0.4, -0.2) is 16.0 Å². The molecule has 2 heterocycles. The topological polar surface area (TPSA) is 68.0 Å². The molecule has 30 heavy (non-hydrogen) atoms. The number of benzene rings is 2. The normalized spacial score (nSPS) is 14.6. The van der Waals surface area contributed by atoms with Gasteiger partial charge in [0.2, 0.25) is 0 Å². The maximum Gasteiger partial charge on any atom is 0.259 e. The van der Waals surface area contributed by atoms with E-state index in [-0.39, 0.29) is 11.7 Å². The van der Waals surface area contributed by atoms with E-state index in [2.05, 4.69) is 15.5 Å². The van der Waals surface area contributed by atoms with E-state index in [1.165, 1.54) is 6.07 Å². The number of fused-ring (bicyclic) bond motifs is 1. The Kier molecular flexibility index (Phi) is 4.54. The second-order valence-electron chi connectivity index (χ2n) is 7.66. The first-order chi connectivity index (χ1) is 14.6. The van der Waals surface area contributed by atoms with Gasteiger partial charge in [-0.15, -0.1) is 0 Å². The summed E-state index contributed by atoms with van der Waals surface area (Å²) in [4.78, 5) is 17.9. The molecule has 1 saturated carbocycles. The Morgan fingerprint density at radius 3 is 2.60 bits per heavy atom. The molecule has 1 unspecified atom stereocenters. The zero-order chi connectivity index (χ0) is 20.7. The number of amides is 1. The third kappa shape index (κ3) is 3.34. The fourth-order valence-electron chi connectivity index (χ4n) is 3.71. The summed E-state index contributed by atoms with van der Waals surface area (Å²) in [5, 5.41) is 7.70. The molecule has 1 N–H and O–H groups in total. The van der Waals surface area contributed by atoms with Gasteiger partial charge in [-0.2, -0.15) is 0 Å². The van der Waals surface area contributed by atoms with Gasteiger partial charge < -0.3 is 9.84 Å². The highest BCUT2D eigenvalue weighted by Crippen LogP contribution is 2.41. The molecule has 0 radical (unpaired) electrons. The van der Waals surface area contributed by atoms with Crippen molar-refractivity contribution in [1.29, 1.82) is 0 Å². The second-order valence-corrected chi connectivity index (χ2v) is 7.66. The minimum absolute atomic E-state index is 0.305. The van der Waals surface area contributed by atoms with Crippen LogP contribution in [0.1, 0.15) is 53.3 Å². The molecule has 6 heteroatoms. The minimum atomic E-state index is -0.494. The van der Waals surface area contributed by atoms with Gasteiger partial charge >= 0.3 is 0 Å². The highest BCUT2D eigenvalue weighted by Gasteiger charge is 2.30. The summed E-state index contributed by atoms with van der Waals surface area (Å²) in [5.41, 5.74) is 3.49. The van der Waals surface area contributed by atoms with Crippen LogP contribution in [0.3, 0.4) is 0 Å². The first-order valence-corrected chi connectivity index (χ1v) is 10.0. The Labute approximate surface area is 172 Å². The average Bonchev–Trinajstić information content (AvgIpc) is 3.53. The van der Waals surface area contributed by atoms with Crippen LogP contribution in [0.2, 0.25) is 0 Å². The van der Waals surface area contributed by atoms with Crippen LogP contribution >= 0.6 is 0 Å².